The van der Waals surface area contributed by atoms with Gasteiger partial charge in [0.1, 0.15) is 17.3 Å². The first-order chi connectivity index (χ1) is 9.45. The molecule has 0 aliphatic carbocycles. The normalized spacial score (nSPS) is 10.1. The number of nitrogens with zero attached hydrogens (tertiary/aromatic N) is 3. The Bertz CT molecular complexity index is 692. The Morgan fingerprint density at radius 1 is 1.35 bits per heavy atom. The molecule has 1 heterocycles. The molecule has 1 aromatic heterocycles. The first-order valence-corrected chi connectivity index (χ1v) is 5.29. The molecular formula is C11H8FN5O3. The van der Waals surface area contributed by atoms with E-state index in [1.165, 1.54) is 12.4 Å². The van der Waals surface area contributed by atoms with Crippen LogP contribution in [0.25, 0.3) is 0 Å². The van der Waals surface area contributed by atoms with Gasteiger partial charge in [0.25, 0.3) is 11.6 Å². The molecule has 0 spiro atoms. The van der Waals surface area contributed by atoms with Crippen LogP contribution in [-0.4, -0.2) is 20.8 Å². The van der Waals surface area contributed by atoms with Crippen LogP contribution in [0, 0.1) is 15.9 Å². The van der Waals surface area contributed by atoms with Crippen molar-refractivity contribution in [3.8, 4) is 0 Å². The van der Waals surface area contributed by atoms with Crippen LogP contribution in [0.1, 0.15) is 10.5 Å². The minimum atomic E-state index is -0.840. The van der Waals surface area contributed by atoms with Gasteiger partial charge in [-0.2, -0.15) is 0 Å². The average molecular weight is 277 g/mol. The summed E-state index contributed by atoms with van der Waals surface area (Å²) in [5, 5.41) is 12.9. The van der Waals surface area contributed by atoms with Gasteiger partial charge in [-0.15, -0.1) is 0 Å². The highest BCUT2D eigenvalue weighted by atomic mass is 19.1. The van der Waals surface area contributed by atoms with Crippen molar-refractivity contribution in [3.05, 3.63) is 52.2 Å². The number of aromatic nitrogens is 2. The van der Waals surface area contributed by atoms with E-state index in [0.717, 1.165) is 18.2 Å². The SMILES string of the molecule is Nc1cncc(C(=O)Nc2cc(F)cc([N+](=O)[O-])c2)n1. The zero-order chi connectivity index (χ0) is 14.7. The molecule has 8 nitrogen and oxygen atoms in total. The number of benzene rings is 1. The molecule has 0 fully saturated rings. The number of carbonyl (C=O) groups is 1. The van der Waals surface area contributed by atoms with Gasteiger partial charge in [0, 0.05) is 6.07 Å². The average Bonchev–Trinajstić information content (AvgIpc) is 2.37. The molecule has 2 aromatic rings. The Labute approximate surface area is 111 Å². The zero-order valence-electron chi connectivity index (χ0n) is 9.91. The van der Waals surface area contributed by atoms with Gasteiger partial charge < -0.3 is 11.1 Å². The van der Waals surface area contributed by atoms with Gasteiger partial charge in [0.2, 0.25) is 0 Å². The van der Waals surface area contributed by atoms with Crippen LogP contribution in [0.15, 0.2) is 30.6 Å². The van der Waals surface area contributed by atoms with Gasteiger partial charge in [0.05, 0.1) is 29.1 Å². The highest BCUT2D eigenvalue weighted by molar-refractivity contribution is 6.03. The molecule has 2 rings (SSSR count). The third-order valence-corrected chi connectivity index (χ3v) is 2.24. The number of halogens is 1. The molecule has 9 heteroatoms. The van der Waals surface area contributed by atoms with Gasteiger partial charge in [-0.05, 0) is 6.07 Å². The first kappa shape index (κ1) is 13.3. The molecule has 1 amide bonds. The number of nitro benzene ring substituents is 1. The first-order valence-electron chi connectivity index (χ1n) is 5.29. The molecule has 0 aliphatic rings. The van der Waals surface area contributed by atoms with Crippen LogP contribution < -0.4 is 11.1 Å². The molecule has 0 bridgehead atoms. The molecule has 0 radical (unpaired) electrons. The van der Waals surface area contributed by atoms with Crippen molar-refractivity contribution in [2.45, 2.75) is 0 Å². The second kappa shape index (κ2) is 5.26. The Hall–Kier alpha value is -3.10. The Morgan fingerprint density at radius 2 is 2.10 bits per heavy atom. The molecule has 0 saturated heterocycles. The second-order valence-electron chi connectivity index (χ2n) is 3.74. The van der Waals surface area contributed by atoms with E-state index in [-0.39, 0.29) is 17.2 Å². The molecule has 3 N–H and O–H groups in total. The summed E-state index contributed by atoms with van der Waals surface area (Å²) in [5.74, 6) is -1.50. The summed E-state index contributed by atoms with van der Waals surface area (Å²) in [7, 11) is 0. The number of nitrogens with one attached hydrogen (secondary N) is 1. The Balaban J connectivity index is 2.26. The largest absolute Gasteiger partial charge is 0.382 e. The van der Waals surface area contributed by atoms with Gasteiger partial charge in [0.15, 0.2) is 0 Å². The van der Waals surface area contributed by atoms with Crippen LogP contribution in [0.3, 0.4) is 0 Å². The molecule has 102 valence electrons. The topological polar surface area (TPSA) is 124 Å². The maximum absolute atomic E-state index is 13.2. The Morgan fingerprint density at radius 3 is 2.75 bits per heavy atom. The summed E-state index contributed by atoms with van der Waals surface area (Å²) in [6, 6.07) is 2.72. The number of anilines is 2. The number of non-ortho nitro benzene ring substituents is 1. The van der Waals surface area contributed by atoms with E-state index in [2.05, 4.69) is 15.3 Å². The van der Waals surface area contributed by atoms with E-state index < -0.39 is 22.3 Å². The van der Waals surface area contributed by atoms with Crippen LogP contribution in [0.5, 0.6) is 0 Å². The number of rotatable bonds is 3. The maximum Gasteiger partial charge on any atom is 0.275 e. The predicted molar refractivity (Wildman–Crippen MR) is 67.5 cm³/mol. The number of amides is 1. The van der Waals surface area contributed by atoms with Gasteiger partial charge >= 0.3 is 0 Å². The molecule has 0 unspecified atom stereocenters. The fraction of sp³-hybridized carbons (Fsp3) is 0. The fourth-order valence-electron chi connectivity index (χ4n) is 1.44. The molecule has 0 saturated carbocycles. The van der Waals surface area contributed by atoms with Crippen molar-refractivity contribution in [1.82, 2.24) is 9.97 Å². The van der Waals surface area contributed by atoms with Crippen molar-refractivity contribution >= 4 is 23.1 Å². The van der Waals surface area contributed by atoms with E-state index in [9.17, 15) is 19.3 Å². The number of nitrogens with two attached hydrogens (primary N) is 1. The number of nitro groups is 1. The summed E-state index contributed by atoms with van der Waals surface area (Å²) in [4.78, 5) is 29.0. The summed E-state index contributed by atoms with van der Waals surface area (Å²) >= 11 is 0. The molecular weight excluding hydrogens is 269 g/mol. The smallest absolute Gasteiger partial charge is 0.275 e. The van der Waals surface area contributed by atoms with Gasteiger partial charge in [-0.25, -0.2) is 9.37 Å². The third kappa shape index (κ3) is 3.02. The highest BCUT2D eigenvalue weighted by Gasteiger charge is 2.13. The van der Waals surface area contributed by atoms with Crippen molar-refractivity contribution in [3.63, 3.8) is 0 Å². The van der Waals surface area contributed by atoms with E-state index in [1.807, 2.05) is 0 Å². The minimum absolute atomic E-state index is 0.0443. The zero-order valence-corrected chi connectivity index (χ0v) is 9.91. The molecule has 0 aliphatic heterocycles. The summed E-state index contributed by atoms with van der Waals surface area (Å²) in [6.07, 6.45) is 2.42. The fourth-order valence-corrected chi connectivity index (χ4v) is 1.44. The minimum Gasteiger partial charge on any atom is -0.382 e. The van der Waals surface area contributed by atoms with Crippen molar-refractivity contribution in [1.29, 1.82) is 0 Å². The lowest BCUT2D eigenvalue weighted by atomic mass is 10.2. The number of hydrogen-bond donors (Lipinski definition) is 2. The number of nitrogen functional groups attached to an aromatic ring is 1. The number of hydrogen-bond acceptors (Lipinski definition) is 6. The van der Waals surface area contributed by atoms with Gasteiger partial charge in [-0.1, -0.05) is 0 Å². The van der Waals surface area contributed by atoms with Crippen LogP contribution in [-0.2, 0) is 0 Å². The van der Waals surface area contributed by atoms with E-state index >= 15 is 0 Å². The second-order valence-corrected chi connectivity index (χ2v) is 3.74. The van der Waals surface area contributed by atoms with Crippen LogP contribution >= 0.6 is 0 Å². The monoisotopic (exact) mass is 277 g/mol. The molecule has 1 aromatic carbocycles. The van der Waals surface area contributed by atoms with E-state index in [1.54, 1.807) is 0 Å². The maximum atomic E-state index is 13.2. The van der Waals surface area contributed by atoms with Crippen molar-refractivity contribution in [2.24, 2.45) is 0 Å². The van der Waals surface area contributed by atoms with Crippen molar-refractivity contribution < 1.29 is 14.1 Å². The lowest BCUT2D eigenvalue weighted by Gasteiger charge is -2.05. The molecule has 0 atom stereocenters. The lowest BCUT2D eigenvalue weighted by Crippen LogP contribution is -2.15. The summed E-state index contributed by atoms with van der Waals surface area (Å²) < 4.78 is 13.2. The van der Waals surface area contributed by atoms with E-state index in [0.29, 0.717) is 0 Å². The predicted octanol–water partition coefficient (Wildman–Crippen LogP) is 1.36. The van der Waals surface area contributed by atoms with Crippen molar-refractivity contribution in [2.75, 3.05) is 11.1 Å². The standard InChI is InChI=1S/C11H8FN5O3/c12-6-1-7(3-8(2-6)17(19)20)15-11(18)9-4-14-5-10(13)16-9/h1-5H,(H2,13,16)(H,15,18). The van der Waals surface area contributed by atoms with Crippen LogP contribution in [0.2, 0.25) is 0 Å². The van der Waals surface area contributed by atoms with Crippen LogP contribution in [0.4, 0.5) is 21.6 Å². The summed E-state index contributed by atoms with van der Waals surface area (Å²) in [6.45, 7) is 0. The van der Waals surface area contributed by atoms with Gasteiger partial charge in [-0.3, -0.25) is 19.9 Å². The van der Waals surface area contributed by atoms with E-state index in [4.69, 9.17) is 5.73 Å². The lowest BCUT2D eigenvalue weighted by molar-refractivity contribution is -0.385. The quantitative estimate of drug-likeness (QED) is 0.644. The molecule has 20 heavy (non-hydrogen) atoms. The number of carbonyl (C=O) groups excluding carboxylic acids is 1. The Kier molecular flexibility index (Phi) is 3.51. The third-order valence-electron chi connectivity index (χ3n) is 2.24. The highest BCUT2D eigenvalue weighted by Crippen LogP contribution is 2.20. The summed E-state index contributed by atoms with van der Waals surface area (Å²) in [5.41, 5.74) is 4.75.